The number of hydrogen-bond donors (Lipinski definition) is 1. The van der Waals surface area contributed by atoms with E-state index in [4.69, 9.17) is 5.11 Å². The van der Waals surface area contributed by atoms with Gasteiger partial charge in [-0.25, -0.2) is 4.79 Å². The van der Waals surface area contributed by atoms with E-state index in [0.29, 0.717) is 6.54 Å². The number of thioether (sulfide) groups is 1. The molecule has 1 amide bonds. The number of carbonyl (C=O) groups excluding carboxylic acids is 1. The first-order valence-electron chi connectivity index (χ1n) is 5.83. The predicted octanol–water partition coefficient (Wildman–Crippen LogP) is 2.33. The molecule has 0 unspecified atom stereocenters. The van der Waals surface area contributed by atoms with E-state index < -0.39 is 11.9 Å². The highest BCUT2D eigenvalue weighted by Crippen LogP contribution is 2.40. The fourth-order valence-electron chi connectivity index (χ4n) is 2.09. The molecule has 0 aromatic heterocycles. The zero-order chi connectivity index (χ0) is 13.3. The molecule has 1 N–H and O–H groups in total. The van der Waals surface area contributed by atoms with E-state index >= 15 is 0 Å². The van der Waals surface area contributed by atoms with Gasteiger partial charge in [0.15, 0.2) is 0 Å². The molecule has 1 aromatic rings. The summed E-state index contributed by atoms with van der Waals surface area (Å²) in [6, 6.07) is 5.85. The van der Waals surface area contributed by atoms with Gasteiger partial charge in [0.1, 0.15) is 0 Å². The third kappa shape index (κ3) is 2.22. The smallest absolute Gasteiger partial charge is 0.394 e. The molecular weight excluding hydrogens is 250 g/mol. The van der Waals surface area contributed by atoms with Crippen molar-refractivity contribution in [3.8, 4) is 0 Å². The van der Waals surface area contributed by atoms with Crippen molar-refractivity contribution in [3.05, 3.63) is 23.8 Å². The number of para-hydroxylation sites is 1. The molecule has 5 heteroatoms. The zero-order valence-electron chi connectivity index (χ0n) is 10.3. The highest BCUT2D eigenvalue weighted by atomic mass is 32.2. The number of carboxylic acid groups (broad SMARTS) is 1. The maximum absolute atomic E-state index is 11.8. The van der Waals surface area contributed by atoms with Crippen molar-refractivity contribution in [3.63, 3.8) is 0 Å². The Bertz CT molecular complexity index is 499. The van der Waals surface area contributed by atoms with E-state index in [-0.39, 0.29) is 5.92 Å². The Morgan fingerprint density at radius 1 is 1.39 bits per heavy atom. The molecule has 0 spiro atoms. The SMILES string of the molecule is CC(C)c1cccc2c1N(C(=O)C(=O)O)CCS2. The van der Waals surface area contributed by atoms with Crippen molar-refractivity contribution in [2.24, 2.45) is 0 Å². The van der Waals surface area contributed by atoms with Gasteiger partial charge in [-0.05, 0) is 17.5 Å². The minimum absolute atomic E-state index is 0.253. The van der Waals surface area contributed by atoms with E-state index in [0.717, 1.165) is 21.9 Å². The lowest BCUT2D eigenvalue weighted by Crippen LogP contribution is -2.40. The van der Waals surface area contributed by atoms with Crippen LogP contribution in [-0.4, -0.2) is 29.3 Å². The highest BCUT2D eigenvalue weighted by molar-refractivity contribution is 7.99. The molecule has 4 nitrogen and oxygen atoms in total. The molecule has 1 aromatic carbocycles. The molecule has 1 aliphatic rings. The van der Waals surface area contributed by atoms with E-state index in [9.17, 15) is 9.59 Å². The molecule has 2 rings (SSSR count). The van der Waals surface area contributed by atoms with Crippen molar-refractivity contribution < 1.29 is 14.7 Å². The molecule has 1 aliphatic heterocycles. The van der Waals surface area contributed by atoms with Gasteiger partial charge >= 0.3 is 11.9 Å². The normalized spacial score (nSPS) is 14.5. The molecule has 0 radical (unpaired) electrons. The van der Waals surface area contributed by atoms with Crippen LogP contribution >= 0.6 is 11.8 Å². The van der Waals surface area contributed by atoms with E-state index in [1.165, 1.54) is 4.90 Å². The summed E-state index contributed by atoms with van der Waals surface area (Å²) >= 11 is 1.67. The first-order chi connectivity index (χ1) is 8.52. The highest BCUT2D eigenvalue weighted by Gasteiger charge is 2.29. The summed E-state index contributed by atoms with van der Waals surface area (Å²) in [4.78, 5) is 25.0. The Morgan fingerprint density at radius 3 is 2.72 bits per heavy atom. The largest absolute Gasteiger partial charge is 0.474 e. The van der Waals surface area contributed by atoms with Gasteiger partial charge in [0, 0.05) is 17.2 Å². The van der Waals surface area contributed by atoms with Crippen LogP contribution in [-0.2, 0) is 9.59 Å². The minimum Gasteiger partial charge on any atom is -0.474 e. The van der Waals surface area contributed by atoms with Crippen molar-refractivity contribution in [1.29, 1.82) is 0 Å². The number of rotatable bonds is 1. The van der Waals surface area contributed by atoms with Gasteiger partial charge in [-0.1, -0.05) is 26.0 Å². The van der Waals surface area contributed by atoms with Gasteiger partial charge in [0.05, 0.1) is 5.69 Å². The number of benzene rings is 1. The second-order valence-electron chi connectivity index (χ2n) is 4.46. The van der Waals surface area contributed by atoms with E-state index in [2.05, 4.69) is 0 Å². The van der Waals surface area contributed by atoms with Crippen LogP contribution in [0, 0.1) is 0 Å². The van der Waals surface area contributed by atoms with Crippen LogP contribution in [0.25, 0.3) is 0 Å². The van der Waals surface area contributed by atoms with Gasteiger partial charge in [-0.2, -0.15) is 0 Å². The van der Waals surface area contributed by atoms with Crippen molar-refractivity contribution in [2.45, 2.75) is 24.7 Å². The van der Waals surface area contributed by atoms with Crippen molar-refractivity contribution >= 4 is 29.3 Å². The van der Waals surface area contributed by atoms with Gasteiger partial charge in [-0.3, -0.25) is 4.79 Å². The molecule has 0 bridgehead atoms. The Labute approximate surface area is 110 Å². The monoisotopic (exact) mass is 265 g/mol. The molecule has 0 atom stereocenters. The number of nitrogens with zero attached hydrogens (tertiary/aromatic N) is 1. The Morgan fingerprint density at radius 2 is 2.11 bits per heavy atom. The number of aliphatic carboxylic acids is 1. The summed E-state index contributed by atoms with van der Waals surface area (Å²) in [5.41, 5.74) is 1.80. The zero-order valence-corrected chi connectivity index (χ0v) is 11.2. The summed E-state index contributed by atoms with van der Waals surface area (Å²) in [5, 5.41) is 8.89. The number of carbonyl (C=O) groups is 2. The summed E-state index contributed by atoms with van der Waals surface area (Å²) in [7, 11) is 0. The van der Waals surface area contributed by atoms with E-state index in [1.54, 1.807) is 11.8 Å². The number of carboxylic acids is 1. The van der Waals surface area contributed by atoms with Gasteiger partial charge < -0.3 is 10.0 Å². The molecule has 0 aliphatic carbocycles. The topological polar surface area (TPSA) is 57.6 Å². The minimum atomic E-state index is -1.40. The maximum Gasteiger partial charge on any atom is 0.394 e. The average Bonchev–Trinajstić information content (AvgIpc) is 2.36. The summed E-state index contributed by atoms with van der Waals surface area (Å²) < 4.78 is 0. The molecule has 0 fully saturated rings. The first kappa shape index (κ1) is 13.0. The van der Waals surface area contributed by atoms with Crippen LogP contribution in [0.2, 0.25) is 0 Å². The number of hydrogen-bond acceptors (Lipinski definition) is 3. The Kier molecular flexibility index (Phi) is 3.61. The molecule has 0 saturated carbocycles. The van der Waals surface area contributed by atoms with Crippen LogP contribution in [0.15, 0.2) is 23.1 Å². The second-order valence-corrected chi connectivity index (χ2v) is 5.60. The summed E-state index contributed by atoms with van der Waals surface area (Å²) in [6.45, 7) is 4.53. The second kappa shape index (κ2) is 5.02. The van der Waals surface area contributed by atoms with Crippen LogP contribution in [0.5, 0.6) is 0 Å². The number of fused-ring (bicyclic) bond motifs is 1. The standard InChI is InChI=1S/C13H15NO3S/c1-8(2)9-4-3-5-10-11(9)14(6-7-18-10)12(15)13(16)17/h3-5,8H,6-7H2,1-2H3,(H,16,17). The lowest BCUT2D eigenvalue weighted by Gasteiger charge is -2.30. The van der Waals surface area contributed by atoms with Crippen LogP contribution in [0.3, 0.4) is 0 Å². The van der Waals surface area contributed by atoms with Gasteiger partial charge in [-0.15, -0.1) is 11.8 Å². The van der Waals surface area contributed by atoms with Crippen LogP contribution in [0.4, 0.5) is 5.69 Å². The van der Waals surface area contributed by atoms with Crippen LogP contribution in [0.1, 0.15) is 25.3 Å². The lowest BCUT2D eigenvalue weighted by atomic mass is 10.00. The fourth-order valence-corrected chi connectivity index (χ4v) is 3.12. The Balaban J connectivity index is 2.53. The third-order valence-electron chi connectivity index (χ3n) is 2.92. The molecule has 18 heavy (non-hydrogen) atoms. The quantitative estimate of drug-likeness (QED) is 0.792. The van der Waals surface area contributed by atoms with E-state index in [1.807, 2.05) is 32.0 Å². The summed E-state index contributed by atoms with van der Waals surface area (Å²) in [5.74, 6) is -1.26. The van der Waals surface area contributed by atoms with Crippen molar-refractivity contribution in [2.75, 3.05) is 17.2 Å². The van der Waals surface area contributed by atoms with Crippen molar-refractivity contribution in [1.82, 2.24) is 0 Å². The maximum atomic E-state index is 11.8. The molecule has 1 heterocycles. The third-order valence-corrected chi connectivity index (χ3v) is 3.95. The predicted molar refractivity (Wildman–Crippen MR) is 71.2 cm³/mol. The first-order valence-corrected chi connectivity index (χ1v) is 6.81. The number of amides is 1. The lowest BCUT2D eigenvalue weighted by molar-refractivity contribution is -0.148. The van der Waals surface area contributed by atoms with Crippen LogP contribution < -0.4 is 4.90 Å². The molecular formula is C13H15NO3S. The Hall–Kier alpha value is -1.49. The number of anilines is 1. The average molecular weight is 265 g/mol. The van der Waals surface area contributed by atoms with Gasteiger partial charge in [0.25, 0.3) is 0 Å². The van der Waals surface area contributed by atoms with Gasteiger partial charge in [0.2, 0.25) is 0 Å². The molecule has 0 saturated heterocycles. The molecule has 96 valence electrons. The fraction of sp³-hybridized carbons (Fsp3) is 0.385. The summed E-state index contributed by atoms with van der Waals surface area (Å²) in [6.07, 6.45) is 0.